The number of hydrogen-bond donors (Lipinski definition) is 1. The van der Waals surface area contributed by atoms with Gasteiger partial charge in [-0.05, 0) is 12.5 Å². The highest BCUT2D eigenvalue weighted by atomic mass is 16.5. The van der Waals surface area contributed by atoms with E-state index in [1.807, 2.05) is 0 Å². The van der Waals surface area contributed by atoms with E-state index in [4.69, 9.17) is 10.6 Å². The number of azide groups is 1. The third kappa shape index (κ3) is 5.52. The Bertz CT molecular complexity index is 188. The molecule has 0 aliphatic rings. The Hall–Kier alpha value is -1.26. The molecule has 0 radical (unpaired) electrons. The topological polar surface area (TPSA) is 95.3 Å². The van der Waals surface area contributed by atoms with Gasteiger partial charge in [-0.3, -0.25) is 4.79 Å². The zero-order valence-corrected chi connectivity index (χ0v) is 6.80. The van der Waals surface area contributed by atoms with Crippen LogP contribution in [0.1, 0.15) is 13.3 Å². The summed E-state index contributed by atoms with van der Waals surface area (Å²) in [6.07, 6.45) is -1.08. The van der Waals surface area contributed by atoms with E-state index in [-0.39, 0.29) is 19.6 Å². The monoisotopic (exact) mass is 173 g/mol. The van der Waals surface area contributed by atoms with E-state index in [9.17, 15) is 4.79 Å². The average Bonchev–Trinajstić information content (AvgIpc) is 2.01. The van der Waals surface area contributed by atoms with E-state index in [1.165, 1.54) is 0 Å². The smallest absolute Gasteiger partial charge is 0.308 e. The summed E-state index contributed by atoms with van der Waals surface area (Å²) >= 11 is 0. The molecule has 0 aromatic rings. The second-order valence-electron chi connectivity index (χ2n) is 2.08. The van der Waals surface area contributed by atoms with Gasteiger partial charge in [0.25, 0.3) is 0 Å². The van der Waals surface area contributed by atoms with Crippen molar-refractivity contribution in [2.24, 2.45) is 5.11 Å². The molecular formula is C6H11N3O3. The van der Waals surface area contributed by atoms with E-state index in [2.05, 4.69) is 14.8 Å². The van der Waals surface area contributed by atoms with E-state index in [0.717, 1.165) is 0 Å². The van der Waals surface area contributed by atoms with Gasteiger partial charge in [-0.25, -0.2) is 0 Å². The Labute approximate surface area is 69.8 Å². The van der Waals surface area contributed by atoms with Crippen LogP contribution in [0, 0.1) is 0 Å². The van der Waals surface area contributed by atoms with Crippen molar-refractivity contribution in [1.29, 1.82) is 0 Å². The lowest BCUT2D eigenvalue weighted by atomic mass is 10.2. The Morgan fingerprint density at radius 1 is 1.83 bits per heavy atom. The molecule has 0 amide bonds. The molecule has 0 spiro atoms. The molecule has 1 atom stereocenters. The number of aliphatic hydroxyl groups excluding tert-OH is 1. The van der Waals surface area contributed by atoms with Crippen molar-refractivity contribution in [3.63, 3.8) is 0 Å². The lowest BCUT2D eigenvalue weighted by Crippen LogP contribution is -2.18. The van der Waals surface area contributed by atoms with Crippen LogP contribution in [-0.4, -0.2) is 30.3 Å². The summed E-state index contributed by atoms with van der Waals surface area (Å²) < 4.78 is 4.56. The maximum atomic E-state index is 10.7. The van der Waals surface area contributed by atoms with E-state index < -0.39 is 12.1 Å². The molecule has 6 nitrogen and oxygen atoms in total. The minimum atomic E-state index is -0.944. The highest BCUT2D eigenvalue weighted by Gasteiger charge is 2.09. The summed E-state index contributed by atoms with van der Waals surface area (Å²) in [7, 11) is 0. The molecular weight excluding hydrogens is 162 g/mol. The second kappa shape index (κ2) is 6.45. The zero-order chi connectivity index (χ0) is 9.40. The summed E-state index contributed by atoms with van der Waals surface area (Å²) in [5.74, 6) is -0.488. The molecule has 0 aromatic heterocycles. The molecule has 1 N–H and O–H groups in total. The molecule has 0 rings (SSSR count). The van der Waals surface area contributed by atoms with Gasteiger partial charge in [0.05, 0.1) is 25.7 Å². The Kier molecular flexibility index (Phi) is 5.77. The first-order valence-electron chi connectivity index (χ1n) is 3.55. The molecule has 0 aromatic carbocycles. The van der Waals surface area contributed by atoms with Crippen LogP contribution in [-0.2, 0) is 9.53 Å². The van der Waals surface area contributed by atoms with Gasteiger partial charge < -0.3 is 9.84 Å². The number of rotatable bonds is 5. The quantitative estimate of drug-likeness (QED) is 0.285. The minimum absolute atomic E-state index is 0.102. The van der Waals surface area contributed by atoms with Crippen molar-refractivity contribution in [1.82, 2.24) is 0 Å². The summed E-state index contributed by atoms with van der Waals surface area (Å²) in [4.78, 5) is 13.1. The number of esters is 1. The molecule has 68 valence electrons. The third-order valence-electron chi connectivity index (χ3n) is 1.06. The fourth-order valence-corrected chi connectivity index (χ4v) is 0.608. The predicted molar refractivity (Wildman–Crippen MR) is 41.3 cm³/mol. The largest absolute Gasteiger partial charge is 0.466 e. The Morgan fingerprint density at radius 3 is 3.00 bits per heavy atom. The lowest BCUT2D eigenvalue weighted by molar-refractivity contribution is -0.145. The van der Waals surface area contributed by atoms with Crippen LogP contribution >= 0.6 is 0 Å². The maximum absolute atomic E-state index is 10.7. The zero-order valence-electron chi connectivity index (χ0n) is 6.80. The molecule has 1 unspecified atom stereocenters. The van der Waals surface area contributed by atoms with Gasteiger partial charge in [0.2, 0.25) is 0 Å². The van der Waals surface area contributed by atoms with Crippen molar-refractivity contribution >= 4 is 5.97 Å². The van der Waals surface area contributed by atoms with Gasteiger partial charge in [-0.1, -0.05) is 5.11 Å². The first kappa shape index (κ1) is 10.7. The van der Waals surface area contributed by atoms with Crippen LogP contribution in [0.3, 0.4) is 0 Å². The molecule has 0 heterocycles. The first-order valence-corrected chi connectivity index (χ1v) is 3.55. The van der Waals surface area contributed by atoms with E-state index >= 15 is 0 Å². The fraction of sp³-hybridized carbons (Fsp3) is 0.833. The van der Waals surface area contributed by atoms with Crippen molar-refractivity contribution < 1.29 is 14.6 Å². The summed E-state index contributed by atoms with van der Waals surface area (Å²) in [5.41, 5.74) is 7.88. The molecule has 0 aliphatic carbocycles. The third-order valence-corrected chi connectivity index (χ3v) is 1.06. The molecule has 0 saturated heterocycles. The van der Waals surface area contributed by atoms with Crippen LogP contribution in [0.15, 0.2) is 5.11 Å². The van der Waals surface area contributed by atoms with Crippen molar-refractivity contribution in [3.05, 3.63) is 10.4 Å². The average molecular weight is 173 g/mol. The van der Waals surface area contributed by atoms with Gasteiger partial charge in [-0.15, -0.1) is 0 Å². The molecule has 12 heavy (non-hydrogen) atoms. The summed E-state index contributed by atoms with van der Waals surface area (Å²) in [6.45, 7) is 1.86. The molecule has 0 aliphatic heterocycles. The molecule has 0 saturated carbocycles. The van der Waals surface area contributed by atoms with Gasteiger partial charge in [0.1, 0.15) is 0 Å². The number of ether oxygens (including phenoxy) is 1. The lowest BCUT2D eigenvalue weighted by Gasteiger charge is -2.05. The first-order chi connectivity index (χ1) is 5.70. The van der Waals surface area contributed by atoms with Crippen LogP contribution in [0.5, 0.6) is 0 Å². The van der Waals surface area contributed by atoms with Gasteiger partial charge in [0.15, 0.2) is 0 Å². The van der Waals surface area contributed by atoms with E-state index in [0.29, 0.717) is 0 Å². The molecule has 6 heteroatoms. The van der Waals surface area contributed by atoms with Gasteiger partial charge in [0, 0.05) is 4.91 Å². The summed E-state index contributed by atoms with van der Waals surface area (Å²) in [6, 6.07) is 0. The van der Waals surface area contributed by atoms with Crippen LogP contribution < -0.4 is 0 Å². The SMILES string of the molecule is CCOC(=O)CC(O)CN=[N+]=[N-]. The Morgan fingerprint density at radius 2 is 2.50 bits per heavy atom. The number of carbonyl (C=O) groups is 1. The van der Waals surface area contributed by atoms with Crippen molar-refractivity contribution in [2.45, 2.75) is 19.4 Å². The highest BCUT2D eigenvalue weighted by molar-refractivity contribution is 5.69. The number of aliphatic hydroxyl groups is 1. The van der Waals surface area contributed by atoms with E-state index in [1.54, 1.807) is 6.92 Å². The predicted octanol–water partition coefficient (Wildman–Crippen LogP) is 0.611. The second-order valence-corrected chi connectivity index (χ2v) is 2.08. The van der Waals surface area contributed by atoms with Gasteiger partial charge in [-0.2, -0.15) is 0 Å². The number of hydrogen-bond acceptors (Lipinski definition) is 4. The van der Waals surface area contributed by atoms with Crippen LogP contribution in [0.4, 0.5) is 0 Å². The number of carbonyl (C=O) groups excluding carboxylic acids is 1. The standard InChI is InChI=1S/C6H11N3O3/c1-2-12-6(11)3-5(10)4-8-9-7/h5,10H,2-4H2,1H3. The van der Waals surface area contributed by atoms with Gasteiger partial charge >= 0.3 is 5.97 Å². The fourth-order valence-electron chi connectivity index (χ4n) is 0.608. The van der Waals surface area contributed by atoms with Crippen molar-refractivity contribution in [3.8, 4) is 0 Å². The van der Waals surface area contributed by atoms with Crippen LogP contribution in [0.2, 0.25) is 0 Å². The Balaban J connectivity index is 3.60. The molecule has 0 bridgehead atoms. The number of nitrogens with zero attached hydrogens (tertiary/aromatic N) is 3. The maximum Gasteiger partial charge on any atom is 0.308 e. The summed E-state index contributed by atoms with van der Waals surface area (Å²) in [5, 5.41) is 12.1. The highest BCUT2D eigenvalue weighted by Crippen LogP contribution is 1.95. The van der Waals surface area contributed by atoms with Crippen molar-refractivity contribution in [2.75, 3.05) is 13.2 Å². The minimum Gasteiger partial charge on any atom is -0.466 e. The normalized spacial score (nSPS) is 11.5. The molecule has 0 fully saturated rings. The van der Waals surface area contributed by atoms with Crippen LogP contribution in [0.25, 0.3) is 10.4 Å².